The van der Waals surface area contributed by atoms with Gasteiger partial charge < -0.3 is 19.3 Å². The highest BCUT2D eigenvalue weighted by atomic mass is 16.3. The molecule has 0 saturated carbocycles. The van der Waals surface area contributed by atoms with Crippen LogP contribution in [0.1, 0.15) is 29.6 Å². The van der Waals surface area contributed by atoms with Gasteiger partial charge in [0.2, 0.25) is 0 Å². The van der Waals surface area contributed by atoms with E-state index < -0.39 is 17.7 Å². The summed E-state index contributed by atoms with van der Waals surface area (Å²) in [6, 6.07) is 8.13. The zero-order valence-electron chi connectivity index (χ0n) is 17.3. The summed E-state index contributed by atoms with van der Waals surface area (Å²) in [5.41, 5.74) is 1.65. The number of quaternary nitrogens is 1. The number of pyridine rings is 1. The predicted molar refractivity (Wildman–Crippen MR) is 110 cm³/mol. The monoisotopic (exact) mass is 409 g/mol. The van der Waals surface area contributed by atoms with Crippen molar-refractivity contribution >= 4 is 23.1 Å². The molecule has 30 heavy (non-hydrogen) atoms. The molecule has 156 valence electrons. The van der Waals surface area contributed by atoms with Crippen molar-refractivity contribution in [2.24, 2.45) is 0 Å². The van der Waals surface area contributed by atoms with Crippen LogP contribution in [0.25, 0.3) is 11.4 Å². The van der Waals surface area contributed by atoms with Gasteiger partial charge in [-0.05, 0) is 31.2 Å². The number of carbonyl (C=O) groups excluding carboxylic acids is 2. The molecule has 3 aromatic heterocycles. The van der Waals surface area contributed by atoms with Crippen LogP contribution in [0.4, 0.5) is 0 Å². The molecule has 2 N–H and O–H groups in total. The first-order valence-electron chi connectivity index (χ1n) is 9.95. The van der Waals surface area contributed by atoms with Gasteiger partial charge >= 0.3 is 0 Å². The molecular formula is C22H25N4O4+. The number of rotatable bonds is 6. The van der Waals surface area contributed by atoms with Gasteiger partial charge in [0.05, 0.1) is 38.2 Å². The van der Waals surface area contributed by atoms with E-state index in [1.807, 2.05) is 32.3 Å². The Labute approximate surface area is 174 Å². The lowest BCUT2D eigenvalue weighted by atomic mass is 10.0. The van der Waals surface area contributed by atoms with Gasteiger partial charge in [0.25, 0.3) is 11.7 Å². The normalized spacial score (nSPS) is 18.8. The first kappa shape index (κ1) is 19.9. The number of Topliss-reactive ketones (excluding diaryl/α,β-unsaturated/α-hetero) is 1. The van der Waals surface area contributed by atoms with E-state index in [0.717, 1.165) is 13.0 Å². The Bertz CT molecular complexity index is 1130. The van der Waals surface area contributed by atoms with Gasteiger partial charge in [0.1, 0.15) is 23.1 Å². The van der Waals surface area contributed by atoms with Gasteiger partial charge in [-0.1, -0.05) is 6.07 Å². The smallest absolute Gasteiger partial charge is 0.295 e. The number of hydrogen-bond acceptors (Lipinski definition) is 5. The molecule has 0 spiro atoms. The fourth-order valence-electron chi connectivity index (χ4n) is 3.98. The van der Waals surface area contributed by atoms with Gasteiger partial charge in [0, 0.05) is 19.2 Å². The minimum absolute atomic E-state index is 0.0286. The Morgan fingerprint density at radius 2 is 2.03 bits per heavy atom. The molecular weight excluding hydrogens is 384 g/mol. The van der Waals surface area contributed by atoms with Crippen LogP contribution < -0.4 is 4.90 Å². The average molecular weight is 409 g/mol. The third-order valence-electron chi connectivity index (χ3n) is 5.36. The molecule has 8 heteroatoms. The number of hydrogen-bond donors (Lipinski definition) is 2. The number of imidazole rings is 1. The van der Waals surface area contributed by atoms with Crippen molar-refractivity contribution in [2.75, 3.05) is 27.2 Å². The van der Waals surface area contributed by atoms with Crippen molar-refractivity contribution in [3.8, 4) is 0 Å². The van der Waals surface area contributed by atoms with Crippen LogP contribution in [0.5, 0.6) is 0 Å². The van der Waals surface area contributed by atoms with Gasteiger partial charge in [-0.3, -0.25) is 14.0 Å². The van der Waals surface area contributed by atoms with Crippen LogP contribution in [-0.2, 0) is 9.59 Å². The first-order valence-corrected chi connectivity index (χ1v) is 9.95. The van der Waals surface area contributed by atoms with Crippen molar-refractivity contribution in [3.05, 3.63) is 65.5 Å². The second-order valence-corrected chi connectivity index (χ2v) is 7.79. The van der Waals surface area contributed by atoms with Crippen LogP contribution in [0, 0.1) is 6.92 Å². The highest BCUT2D eigenvalue weighted by molar-refractivity contribution is 6.46. The number of likely N-dealkylation sites (tertiary alicyclic amines) is 1. The molecule has 4 rings (SSSR count). The quantitative estimate of drug-likeness (QED) is 0.363. The maximum Gasteiger partial charge on any atom is 0.295 e. The zero-order chi connectivity index (χ0) is 21.4. The summed E-state index contributed by atoms with van der Waals surface area (Å²) >= 11 is 0. The Hall–Kier alpha value is -3.39. The molecule has 0 aromatic carbocycles. The molecule has 1 amide bonds. The van der Waals surface area contributed by atoms with Crippen molar-refractivity contribution in [3.63, 3.8) is 0 Å². The third-order valence-corrected chi connectivity index (χ3v) is 5.36. The average Bonchev–Trinajstić information content (AvgIpc) is 3.40. The van der Waals surface area contributed by atoms with E-state index >= 15 is 0 Å². The van der Waals surface area contributed by atoms with E-state index in [1.165, 1.54) is 16.1 Å². The second kappa shape index (κ2) is 7.79. The third kappa shape index (κ3) is 3.29. The van der Waals surface area contributed by atoms with Crippen LogP contribution >= 0.6 is 0 Å². The standard InChI is InChI=1S/C22H24N4O4/c1-14-18(25-11-5-4-9-16(25)23-14)20(27)17-19(15-8-6-13-30-15)26(22(29)21(17)28)12-7-10-24(2)3/h4-6,8-9,11,13,19,27H,7,10,12H2,1-3H3/p+1/b20-17+/t19-/m0/s1. The zero-order valence-corrected chi connectivity index (χ0v) is 17.3. The fraction of sp³-hybridized carbons (Fsp3) is 0.318. The lowest BCUT2D eigenvalue weighted by molar-refractivity contribution is -0.858. The molecule has 1 aliphatic rings. The second-order valence-electron chi connectivity index (χ2n) is 7.79. The van der Waals surface area contributed by atoms with E-state index in [0.29, 0.717) is 29.3 Å². The van der Waals surface area contributed by atoms with E-state index in [9.17, 15) is 14.7 Å². The lowest BCUT2D eigenvalue weighted by Crippen LogP contribution is -3.05. The summed E-state index contributed by atoms with van der Waals surface area (Å²) in [6.07, 6.45) is 3.99. The van der Waals surface area contributed by atoms with E-state index in [4.69, 9.17) is 4.42 Å². The Morgan fingerprint density at radius 1 is 1.23 bits per heavy atom. The van der Waals surface area contributed by atoms with Gasteiger partial charge in [0.15, 0.2) is 5.76 Å². The molecule has 1 fully saturated rings. The molecule has 8 nitrogen and oxygen atoms in total. The van der Waals surface area contributed by atoms with Crippen molar-refractivity contribution in [1.82, 2.24) is 14.3 Å². The molecule has 3 aromatic rings. The molecule has 0 radical (unpaired) electrons. The molecule has 1 atom stereocenters. The topological polar surface area (TPSA) is 92.5 Å². The molecule has 1 aliphatic heterocycles. The predicted octanol–water partition coefficient (Wildman–Crippen LogP) is 1.19. The largest absolute Gasteiger partial charge is 0.505 e. The number of furan rings is 1. The summed E-state index contributed by atoms with van der Waals surface area (Å²) in [5.74, 6) is -1.14. The molecule has 0 unspecified atom stereocenters. The van der Waals surface area contributed by atoms with Crippen molar-refractivity contribution in [1.29, 1.82) is 0 Å². The minimum Gasteiger partial charge on any atom is -0.505 e. The SMILES string of the molecule is Cc1nc2ccccn2c1/C(O)=C1\C(=O)C(=O)N(CCC[NH+](C)C)[C@H]1c1ccco1. The Balaban J connectivity index is 1.85. The Kier molecular flexibility index (Phi) is 5.17. The van der Waals surface area contributed by atoms with E-state index in [2.05, 4.69) is 4.98 Å². The summed E-state index contributed by atoms with van der Waals surface area (Å²) in [6.45, 7) is 3.00. The number of nitrogens with one attached hydrogen (secondary N) is 1. The fourth-order valence-corrected chi connectivity index (χ4v) is 3.98. The highest BCUT2D eigenvalue weighted by Gasteiger charge is 2.47. The van der Waals surface area contributed by atoms with Crippen LogP contribution in [-0.4, -0.2) is 58.3 Å². The number of carbonyl (C=O) groups is 2. The summed E-state index contributed by atoms with van der Waals surface area (Å²) in [4.78, 5) is 33.1. The Morgan fingerprint density at radius 3 is 2.73 bits per heavy atom. The number of aliphatic hydroxyl groups excluding tert-OH is 1. The van der Waals surface area contributed by atoms with Gasteiger partial charge in [-0.15, -0.1) is 0 Å². The summed E-state index contributed by atoms with van der Waals surface area (Å²) in [5, 5.41) is 11.3. The number of aryl methyl sites for hydroxylation is 1. The molecule has 1 saturated heterocycles. The molecule has 0 aliphatic carbocycles. The van der Waals surface area contributed by atoms with E-state index in [1.54, 1.807) is 29.7 Å². The van der Waals surface area contributed by atoms with Gasteiger partial charge in [-0.2, -0.15) is 0 Å². The summed E-state index contributed by atoms with van der Waals surface area (Å²) in [7, 11) is 4.07. The number of nitrogens with zero attached hydrogens (tertiary/aromatic N) is 3. The molecule has 4 heterocycles. The number of aromatic nitrogens is 2. The number of aliphatic hydroxyl groups is 1. The van der Waals surface area contributed by atoms with Crippen LogP contribution in [0.15, 0.2) is 52.8 Å². The maximum atomic E-state index is 13.0. The number of amides is 1. The maximum absolute atomic E-state index is 13.0. The molecule has 0 bridgehead atoms. The van der Waals surface area contributed by atoms with Crippen LogP contribution in [0.3, 0.4) is 0 Å². The van der Waals surface area contributed by atoms with E-state index in [-0.39, 0.29) is 11.3 Å². The van der Waals surface area contributed by atoms with Crippen molar-refractivity contribution < 1.29 is 24.0 Å². The minimum atomic E-state index is -0.772. The van der Waals surface area contributed by atoms with Gasteiger partial charge in [-0.25, -0.2) is 4.98 Å². The first-order chi connectivity index (χ1) is 14.4. The number of ketones is 1. The van der Waals surface area contributed by atoms with Crippen molar-refractivity contribution in [2.45, 2.75) is 19.4 Å². The summed E-state index contributed by atoms with van der Waals surface area (Å²) < 4.78 is 7.28. The number of fused-ring (bicyclic) bond motifs is 1. The highest BCUT2D eigenvalue weighted by Crippen LogP contribution is 2.40. The van der Waals surface area contributed by atoms with Crippen LogP contribution in [0.2, 0.25) is 0 Å². The lowest BCUT2D eigenvalue weighted by Gasteiger charge is -2.23.